The van der Waals surface area contributed by atoms with Crippen LogP contribution in [0.3, 0.4) is 0 Å². The Morgan fingerprint density at radius 3 is 2.64 bits per heavy atom. The van der Waals surface area contributed by atoms with Gasteiger partial charge in [0, 0.05) is 10.7 Å². The average molecular weight is 318 g/mol. The van der Waals surface area contributed by atoms with Crippen molar-refractivity contribution in [2.75, 3.05) is 5.32 Å². The molecule has 2 aromatic rings. The molecule has 1 amide bonds. The minimum Gasteiger partial charge on any atom is -0.480 e. The topological polar surface area (TPSA) is 38.3 Å². The molecule has 0 bridgehead atoms. The van der Waals surface area contributed by atoms with Gasteiger partial charge in [0.15, 0.2) is 6.10 Å². The molecule has 0 radical (unpaired) electrons. The van der Waals surface area contributed by atoms with Gasteiger partial charge in [-0.15, -0.1) is 0 Å². The van der Waals surface area contributed by atoms with Crippen molar-refractivity contribution in [2.45, 2.75) is 33.3 Å². The highest BCUT2D eigenvalue weighted by Gasteiger charge is 2.19. The average Bonchev–Trinajstić information content (AvgIpc) is 2.46. The predicted octanol–water partition coefficient (Wildman–Crippen LogP) is 4.75. The van der Waals surface area contributed by atoms with E-state index in [4.69, 9.17) is 16.3 Å². The van der Waals surface area contributed by atoms with Crippen LogP contribution in [-0.4, -0.2) is 12.0 Å². The Balaban J connectivity index is 2.09. The quantitative estimate of drug-likeness (QED) is 0.864. The third kappa shape index (κ3) is 4.25. The molecule has 0 aliphatic heterocycles. The summed E-state index contributed by atoms with van der Waals surface area (Å²) in [5.41, 5.74) is 2.86. The zero-order valence-electron chi connectivity index (χ0n) is 13.0. The third-order valence-electron chi connectivity index (χ3n) is 3.36. The SMILES string of the molecule is CC[C@@H](Oc1ccc(C)cc1C)C(=O)Nc1cccc(Cl)c1. The van der Waals surface area contributed by atoms with Gasteiger partial charge in [0.05, 0.1) is 0 Å². The van der Waals surface area contributed by atoms with E-state index in [1.807, 2.05) is 39.0 Å². The van der Waals surface area contributed by atoms with Crippen molar-refractivity contribution >= 4 is 23.2 Å². The lowest BCUT2D eigenvalue weighted by molar-refractivity contribution is -0.122. The Morgan fingerprint density at radius 2 is 2.00 bits per heavy atom. The lowest BCUT2D eigenvalue weighted by Gasteiger charge is -2.19. The highest BCUT2D eigenvalue weighted by Crippen LogP contribution is 2.22. The molecule has 0 aromatic heterocycles. The molecule has 0 fully saturated rings. The number of anilines is 1. The number of carbonyl (C=O) groups is 1. The van der Waals surface area contributed by atoms with Crippen molar-refractivity contribution in [3.8, 4) is 5.75 Å². The first-order valence-corrected chi connectivity index (χ1v) is 7.67. The minimum atomic E-state index is -0.541. The van der Waals surface area contributed by atoms with Crippen molar-refractivity contribution in [2.24, 2.45) is 0 Å². The summed E-state index contributed by atoms with van der Waals surface area (Å²) in [6, 6.07) is 13.0. The van der Waals surface area contributed by atoms with Crippen LogP contribution >= 0.6 is 11.6 Å². The predicted molar refractivity (Wildman–Crippen MR) is 90.7 cm³/mol. The summed E-state index contributed by atoms with van der Waals surface area (Å²) in [7, 11) is 0. The van der Waals surface area contributed by atoms with Crippen LogP contribution in [0.4, 0.5) is 5.69 Å². The fraction of sp³-hybridized carbons (Fsp3) is 0.278. The zero-order chi connectivity index (χ0) is 16.1. The fourth-order valence-corrected chi connectivity index (χ4v) is 2.39. The molecule has 0 saturated carbocycles. The number of amides is 1. The summed E-state index contributed by atoms with van der Waals surface area (Å²) in [6.45, 7) is 5.93. The van der Waals surface area contributed by atoms with Gasteiger partial charge < -0.3 is 10.1 Å². The van der Waals surface area contributed by atoms with Crippen LogP contribution in [0, 0.1) is 13.8 Å². The molecule has 116 valence electrons. The number of nitrogens with one attached hydrogen (secondary N) is 1. The molecule has 0 saturated heterocycles. The lowest BCUT2D eigenvalue weighted by atomic mass is 10.1. The number of rotatable bonds is 5. The van der Waals surface area contributed by atoms with Gasteiger partial charge in [-0.1, -0.05) is 42.3 Å². The third-order valence-corrected chi connectivity index (χ3v) is 3.59. The maximum absolute atomic E-state index is 12.4. The Morgan fingerprint density at radius 1 is 1.23 bits per heavy atom. The van der Waals surface area contributed by atoms with E-state index in [0.29, 0.717) is 17.1 Å². The van der Waals surface area contributed by atoms with Crippen LogP contribution < -0.4 is 10.1 Å². The molecule has 2 rings (SSSR count). The van der Waals surface area contributed by atoms with Crippen LogP contribution in [0.15, 0.2) is 42.5 Å². The zero-order valence-corrected chi connectivity index (χ0v) is 13.8. The molecule has 0 aliphatic rings. The number of ether oxygens (including phenoxy) is 1. The second-order valence-electron chi connectivity index (χ2n) is 5.28. The van der Waals surface area contributed by atoms with Crippen molar-refractivity contribution < 1.29 is 9.53 Å². The van der Waals surface area contributed by atoms with E-state index >= 15 is 0 Å². The number of halogens is 1. The highest BCUT2D eigenvalue weighted by molar-refractivity contribution is 6.30. The summed E-state index contributed by atoms with van der Waals surface area (Å²) in [5.74, 6) is 0.559. The van der Waals surface area contributed by atoms with E-state index in [0.717, 1.165) is 11.3 Å². The van der Waals surface area contributed by atoms with Crippen LogP contribution in [0.5, 0.6) is 5.75 Å². The summed E-state index contributed by atoms with van der Waals surface area (Å²) in [6.07, 6.45) is 0.0417. The monoisotopic (exact) mass is 317 g/mol. The van der Waals surface area contributed by atoms with Crippen molar-refractivity contribution in [3.05, 3.63) is 58.6 Å². The standard InChI is InChI=1S/C18H20ClNO2/c1-4-16(22-17-9-8-12(2)10-13(17)3)18(21)20-15-7-5-6-14(19)11-15/h5-11,16H,4H2,1-3H3,(H,20,21)/t16-/m1/s1. The number of hydrogen-bond acceptors (Lipinski definition) is 2. The van der Waals surface area contributed by atoms with E-state index in [-0.39, 0.29) is 5.91 Å². The number of aryl methyl sites for hydroxylation is 2. The first-order valence-electron chi connectivity index (χ1n) is 7.30. The molecular weight excluding hydrogens is 298 g/mol. The summed E-state index contributed by atoms with van der Waals surface area (Å²) >= 11 is 5.92. The molecular formula is C18H20ClNO2. The van der Waals surface area contributed by atoms with Crippen LogP contribution in [0.25, 0.3) is 0 Å². The summed E-state index contributed by atoms with van der Waals surface area (Å²) in [4.78, 5) is 12.4. The Labute approximate surface area is 136 Å². The molecule has 1 atom stereocenters. The maximum Gasteiger partial charge on any atom is 0.265 e. The minimum absolute atomic E-state index is 0.176. The molecule has 2 aromatic carbocycles. The molecule has 0 heterocycles. The van der Waals surface area contributed by atoms with Crippen LogP contribution in [0.1, 0.15) is 24.5 Å². The summed E-state index contributed by atoms with van der Waals surface area (Å²) < 4.78 is 5.87. The van der Waals surface area contributed by atoms with E-state index < -0.39 is 6.10 Å². The number of benzene rings is 2. The van der Waals surface area contributed by atoms with E-state index in [1.165, 1.54) is 5.56 Å². The normalized spacial score (nSPS) is 11.8. The molecule has 4 heteroatoms. The molecule has 22 heavy (non-hydrogen) atoms. The second-order valence-corrected chi connectivity index (χ2v) is 5.72. The smallest absolute Gasteiger partial charge is 0.265 e. The number of hydrogen-bond donors (Lipinski definition) is 1. The van der Waals surface area contributed by atoms with Gasteiger partial charge in [-0.05, 0) is 50.1 Å². The molecule has 1 N–H and O–H groups in total. The van der Waals surface area contributed by atoms with E-state index in [2.05, 4.69) is 5.32 Å². The maximum atomic E-state index is 12.4. The van der Waals surface area contributed by atoms with Gasteiger partial charge >= 0.3 is 0 Å². The van der Waals surface area contributed by atoms with Crippen LogP contribution in [-0.2, 0) is 4.79 Å². The van der Waals surface area contributed by atoms with Crippen molar-refractivity contribution in [1.29, 1.82) is 0 Å². The molecule has 0 unspecified atom stereocenters. The molecule has 0 spiro atoms. The summed E-state index contributed by atoms with van der Waals surface area (Å²) in [5, 5.41) is 3.42. The Hall–Kier alpha value is -2.00. The molecule has 0 aliphatic carbocycles. The van der Waals surface area contributed by atoms with E-state index in [1.54, 1.807) is 24.3 Å². The van der Waals surface area contributed by atoms with Gasteiger partial charge in [-0.25, -0.2) is 0 Å². The Kier molecular flexibility index (Phi) is 5.45. The van der Waals surface area contributed by atoms with Gasteiger partial charge in [-0.3, -0.25) is 4.79 Å². The fourth-order valence-electron chi connectivity index (χ4n) is 2.20. The first-order chi connectivity index (χ1) is 10.5. The van der Waals surface area contributed by atoms with Gasteiger partial charge in [0.2, 0.25) is 0 Å². The van der Waals surface area contributed by atoms with E-state index in [9.17, 15) is 4.79 Å². The highest BCUT2D eigenvalue weighted by atomic mass is 35.5. The number of carbonyl (C=O) groups excluding carboxylic acids is 1. The largest absolute Gasteiger partial charge is 0.480 e. The van der Waals surface area contributed by atoms with Crippen molar-refractivity contribution in [1.82, 2.24) is 0 Å². The lowest BCUT2D eigenvalue weighted by Crippen LogP contribution is -2.32. The van der Waals surface area contributed by atoms with Gasteiger partial charge in [0.1, 0.15) is 5.75 Å². The molecule has 3 nitrogen and oxygen atoms in total. The first kappa shape index (κ1) is 16.4. The Bertz CT molecular complexity index is 670. The second kappa shape index (κ2) is 7.32. The van der Waals surface area contributed by atoms with Crippen LogP contribution in [0.2, 0.25) is 5.02 Å². The van der Waals surface area contributed by atoms with Gasteiger partial charge in [0.25, 0.3) is 5.91 Å². The van der Waals surface area contributed by atoms with Crippen molar-refractivity contribution in [3.63, 3.8) is 0 Å². The van der Waals surface area contributed by atoms with Gasteiger partial charge in [-0.2, -0.15) is 0 Å².